The minimum Gasteiger partial charge on any atom is -0.398 e. The molecule has 0 radical (unpaired) electrons. The Bertz CT molecular complexity index is 339. The van der Waals surface area contributed by atoms with E-state index in [0.717, 1.165) is 4.47 Å². The second-order valence-electron chi connectivity index (χ2n) is 2.80. The minimum atomic E-state index is -0.0347. The number of hydrogen-bond donors (Lipinski definition) is 1. The fraction of sp³-hybridized carbons (Fsp3) is 0.300. The highest BCUT2D eigenvalue weighted by molar-refractivity contribution is 9.10. The van der Waals surface area contributed by atoms with Gasteiger partial charge in [-0.2, -0.15) is 0 Å². The Labute approximate surface area is 91.4 Å². The molecular weight excluding hydrogens is 246 g/mol. The summed E-state index contributed by atoms with van der Waals surface area (Å²) >= 11 is 3.26. The number of nitrogens with two attached hydrogens (primary N) is 1. The summed E-state index contributed by atoms with van der Waals surface area (Å²) in [5.74, 6) is -0.0347. The van der Waals surface area contributed by atoms with Gasteiger partial charge in [0.25, 0.3) is 0 Å². The van der Waals surface area contributed by atoms with E-state index in [1.807, 2.05) is 6.92 Å². The van der Waals surface area contributed by atoms with E-state index < -0.39 is 0 Å². The predicted octanol–water partition coefficient (Wildman–Crippen LogP) is 2.25. The van der Waals surface area contributed by atoms with Crippen molar-refractivity contribution < 1.29 is 9.53 Å². The zero-order chi connectivity index (χ0) is 10.6. The van der Waals surface area contributed by atoms with Crippen molar-refractivity contribution in [1.29, 1.82) is 0 Å². The Morgan fingerprint density at radius 2 is 2.29 bits per heavy atom. The highest BCUT2D eigenvalue weighted by Gasteiger charge is 2.06. The van der Waals surface area contributed by atoms with Crippen LogP contribution in [0.1, 0.15) is 17.3 Å². The first-order valence-electron chi connectivity index (χ1n) is 4.31. The van der Waals surface area contributed by atoms with Gasteiger partial charge >= 0.3 is 0 Å². The number of carbonyl (C=O) groups is 1. The van der Waals surface area contributed by atoms with Crippen LogP contribution in [-0.4, -0.2) is 19.0 Å². The number of Topliss-reactive ketones (excluding diaryl/α,β-unsaturated/α-hetero) is 1. The number of ketones is 1. The van der Waals surface area contributed by atoms with Gasteiger partial charge in [0.05, 0.1) is 0 Å². The van der Waals surface area contributed by atoms with Crippen molar-refractivity contribution in [2.75, 3.05) is 18.9 Å². The molecule has 0 aromatic heterocycles. The number of hydrogen-bond acceptors (Lipinski definition) is 3. The molecule has 76 valence electrons. The SMILES string of the molecule is CCOCC(=O)c1ccc(N)c(Br)c1. The molecule has 0 aliphatic rings. The summed E-state index contributed by atoms with van der Waals surface area (Å²) in [6, 6.07) is 5.10. The molecule has 4 heteroatoms. The van der Waals surface area contributed by atoms with E-state index in [0.29, 0.717) is 17.9 Å². The molecule has 1 aromatic rings. The first-order valence-corrected chi connectivity index (χ1v) is 5.10. The molecule has 0 aliphatic heterocycles. The largest absolute Gasteiger partial charge is 0.398 e. The smallest absolute Gasteiger partial charge is 0.188 e. The third-order valence-electron chi connectivity index (χ3n) is 1.76. The van der Waals surface area contributed by atoms with Crippen molar-refractivity contribution in [3.63, 3.8) is 0 Å². The topological polar surface area (TPSA) is 52.3 Å². The van der Waals surface area contributed by atoms with Crippen LogP contribution in [-0.2, 0) is 4.74 Å². The molecule has 0 spiro atoms. The van der Waals surface area contributed by atoms with Gasteiger partial charge in [-0.25, -0.2) is 0 Å². The van der Waals surface area contributed by atoms with Crippen molar-refractivity contribution in [1.82, 2.24) is 0 Å². The van der Waals surface area contributed by atoms with Gasteiger partial charge in [-0.15, -0.1) is 0 Å². The summed E-state index contributed by atoms with van der Waals surface area (Å²) in [6.07, 6.45) is 0. The monoisotopic (exact) mass is 257 g/mol. The lowest BCUT2D eigenvalue weighted by molar-refractivity contribution is 0.0783. The lowest BCUT2D eigenvalue weighted by Gasteiger charge is -2.03. The molecular formula is C10H12BrNO2. The maximum Gasteiger partial charge on any atom is 0.188 e. The maximum absolute atomic E-state index is 11.5. The van der Waals surface area contributed by atoms with E-state index in [-0.39, 0.29) is 12.4 Å². The summed E-state index contributed by atoms with van der Waals surface area (Å²) < 4.78 is 5.76. The summed E-state index contributed by atoms with van der Waals surface area (Å²) in [7, 11) is 0. The van der Waals surface area contributed by atoms with Gasteiger partial charge in [-0.1, -0.05) is 0 Å². The Morgan fingerprint density at radius 1 is 1.57 bits per heavy atom. The highest BCUT2D eigenvalue weighted by atomic mass is 79.9. The number of nitrogen functional groups attached to an aromatic ring is 1. The molecule has 1 aromatic carbocycles. The third kappa shape index (κ3) is 2.82. The van der Waals surface area contributed by atoms with E-state index in [2.05, 4.69) is 15.9 Å². The molecule has 0 saturated heterocycles. The average molecular weight is 258 g/mol. The van der Waals surface area contributed by atoms with Crippen LogP contribution in [0.2, 0.25) is 0 Å². The van der Waals surface area contributed by atoms with E-state index in [9.17, 15) is 4.79 Å². The molecule has 0 heterocycles. The van der Waals surface area contributed by atoms with Gasteiger partial charge in [0.2, 0.25) is 0 Å². The molecule has 0 amide bonds. The quantitative estimate of drug-likeness (QED) is 0.665. The van der Waals surface area contributed by atoms with Gasteiger partial charge in [-0.3, -0.25) is 4.79 Å². The number of carbonyl (C=O) groups excluding carboxylic acids is 1. The van der Waals surface area contributed by atoms with E-state index in [1.54, 1.807) is 18.2 Å². The Kier molecular flexibility index (Phi) is 4.10. The first kappa shape index (κ1) is 11.2. The van der Waals surface area contributed by atoms with Crippen molar-refractivity contribution in [3.8, 4) is 0 Å². The molecule has 2 N–H and O–H groups in total. The minimum absolute atomic E-state index is 0.0347. The van der Waals surface area contributed by atoms with Gasteiger partial charge in [0.1, 0.15) is 6.61 Å². The molecule has 0 atom stereocenters. The molecule has 1 rings (SSSR count). The maximum atomic E-state index is 11.5. The van der Waals surface area contributed by atoms with Crippen LogP contribution in [0.3, 0.4) is 0 Å². The molecule has 0 fully saturated rings. The van der Waals surface area contributed by atoms with Gasteiger partial charge in [0.15, 0.2) is 5.78 Å². The van der Waals surface area contributed by atoms with Crippen molar-refractivity contribution in [3.05, 3.63) is 28.2 Å². The molecule has 0 unspecified atom stereocenters. The number of rotatable bonds is 4. The van der Waals surface area contributed by atoms with Gasteiger partial charge in [0, 0.05) is 22.3 Å². The van der Waals surface area contributed by atoms with Crippen molar-refractivity contribution >= 4 is 27.4 Å². The van der Waals surface area contributed by atoms with Crippen LogP contribution in [0.25, 0.3) is 0 Å². The Balaban J connectivity index is 2.76. The summed E-state index contributed by atoms with van der Waals surface area (Å²) in [5, 5.41) is 0. The fourth-order valence-electron chi connectivity index (χ4n) is 0.979. The van der Waals surface area contributed by atoms with Gasteiger partial charge < -0.3 is 10.5 Å². The molecule has 14 heavy (non-hydrogen) atoms. The van der Waals surface area contributed by atoms with Crippen molar-refractivity contribution in [2.24, 2.45) is 0 Å². The molecule has 0 bridgehead atoms. The fourth-order valence-corrected chi connectivity index (χ4v) is 1.36. The third-order valence-corrected chi connectivity index (χ3v) is 2.45. The zero-order valence-corrected chi connectivity index (χ0v) is 9.50. The Morgan fingerprint density at radius 3 is 2.86 bits per heavy atom. The van der Waals surface area contributed by atoms with Crippen LogP contribution in [0.4, 0.5) is 5.69 Å². The van der Waals surface area contributed by atoms with E-state index in [4.69, 9.17) is 10.5 Å². The van der Waals surface area contributed by atoms with Crippen LogP contribution >= 0.6 is 15.9 Å². The number of anilines is 1. The van der Waals surface area contributed by atoms with Crippen LogP contribution in [0.5, 0.6) is 0 Å². The molecule has 0 aliphatic carbocycles. The summed E-state index contributed by atoms with van der Waals surface area (Å²) in [5.41, 5.74) is 6.83. The second kappa shape index (κ2) is 5.12. The average Bonchev–Trinajstić information content (AvgIpc) is 2.18. The highest BCUT2D eigenvalue weighted by Crippen LogP contribution is 2.20. The lowest BCUT2D eigenvalue weighted by atomic mass is 10.1. The molecule has 0 saturated carbocycles. The Hall–Kier alpha value is -0.870. The second-order valence-corrected chi connectivity index (χ2v) is 3.65. The summed E-state index contributed by atoms with van der Waals surface area (Å²) in [4.78, 5) is 11.5. The van der Waals surface area contributed by atoms with Crippen LogP contribution < -0.4 is 5.73 Å². The van der Waals surface area contributed by atoms with Gasteiger partial charge in [-0.05, 0) is 41.1 Å². The number of ether oxygens (including phenoxy) is 1. The van der Waals surface area contributed by atoms with E-state index >= 15 is 0 Å². The van der Waals surface area contributed by atoms with Crippen LogP contribution in [0.15, 0.2) is 22.7 Å². The number of benzene rings is 1. The molecule has 3 nitrogen and oxygen atoms in total. The van der Waals surface area contributed by atoms with Crippen molar-refractivity contribution in [2.45, 2.75) is 6.92 Å². The zero-order valence-electron chi connectivity index (χ0n) is 7.92. The standard InChI is InChI=1S/C10H12BrNO2/c1-2-14-6-10(13)7-3-4-9(12)8(11)5-7/h3-5H,2,6,12H2,1H3. The van der Waals surface area contributed by atoms with Crippen LogP contribution in [0, 0.1) is 0 Å². The first-order chi connectivity index (χ1) is 6.65. The summed E-state index contributed by atoms with van der Waals surface area (Å²) in [6.45, 7) is 2.51. The van der Waals surface area contributed by atoms with E-state index in [1.165, 1.54) is 0 Å². The predicted molar refractivity (Wildman–Crippen MR) is 59.4 cm³/mol. The number of halogens is 1. The lowest BCUT2D eigenvalue weighted by Crippen LogP contribution is -2.09. The normalized spacial score (nSPS) is 10.1.